The molecule has 17 heavy (non-hydrogen) atoms. The van der Waals surface area contributed by atoms with Crippen LogP contribution in [0.5, 0.6) is 5.75 Å². The summed E-state index contributed by atoms with van der Waals surface area (Å²) in [6, 6.07) is 1.82. The van der Waals surface area contributed by atoms with Gasteiger partial charge in [-0.15, -0.1) is 0 Å². The summed E-state index contributed by atoms with van der Waals surface area (Å²) in [6.07, 6.45) is -0.608. The first-order chi connectivity index (χ1) is 7.93. The zero-order valence-electron chi connectivity index (χ0n) is 9.93. The Morgan fingerprint density at radius 3 is 2.65 bits per heavy atom. The molecular weight excluding hydrogens is 226 g/mol. The van der Waals surface area contributed by atoms with Crippen LogP contribution in [0.4, 0.5) is 0 Å². The van der Waals surface area contributed by atoms with Crippen molar-refractivity contribution in [2.75, 3.05) is 7.11 Å². The molecule has 0 saturated heterocycles. The van der Waals surface area contributed by atoms with Crippen LogP contribution in [-0.4, -0.2) is 25.2 Å². The normalized spacial score (nSPS) is 13.9. The van der Waals surface area contributed by atoms with Crippen molar-refractivity contribution in [2.45, 2.75) is 26.0 Å². The quantitative estimate of drug-likeness (QED) is 0.758. The molecule has 0 unspecified atom stereocenters. The molecule has 2 N–H and O–H groups in total. The zero-order valence-corrected chi connectivity index (χ0v) is 9.93. The van der Waals surface area contributed by atoms with E-state index >= 15 is 0 Å². The molecule has 0 bridgehead atoms. The third-order valence-corrected chi connectivity index (χ3v) is 2.17. The molecule has 94 valence electrons. The first-order valence-corrected chi connectivity index (χ1v) is 5.06. The lowest BCUT2D eigenvalue weighted by molar-refractivity contribution is -0.144. The molecule has 1 aromatic heterocycles. The van der Waals surface area contributed by atoms with Crippen LogP contribution in [0.25, 0.3) is 0 Å². The molecule has 0 aliphatic heterocycles. The van der Waals surface area contributed by atoms with Crippen LogP contribution in [0.1, 0.15) is 12.7 Å². The fourth-order valence-electron chi connectivity index (χ4n) is 1.26. The number of carbonyl (C=O) groups excluding carboxylic acids is 1. The lowest BCUT2D eigenvalue weighted by Gasteiger charge is -2.19. The van der Waals surface area contributed by atoms with Gasteiger partial charge in [-0.05, 0) is 13.8 Å². The average Bonchev–Trinajstić information content (AvgIpc) is 2.25. The number of esters is 1. The molecule has 0 aliphatic carbocycles. The number of ether oxygens (including phenoxy) is 2. The van der Waals surface area contributed by atoms with Gasteiger partial charge in [-0.2, -0.15) is 0 Å². The number of carbonyl (C=O) groups is 1. The maximum absolute atomic E-state index is 11.2. The Hall–Kier alpha value is -1.82. The second-order valence-corrected chi connectivity index (χ2v) is 3.59. The minimum Gasteiger partial charge on any atom is -0.488 e. The van der Waals surface area contributed by atoms with Crippen LogP contribution >= 0.6 is 0 Å². The minimum atomic E-state index is -0.910. The Kier molecular flexibility index (Phi) is 4.28. The monoisotopic (exact) mass is 241 g/mol. The molecule has 0 spiro atoms. The first kappa shape index (κ1) is 13.2. The summed E-state index contributed by atoms with van der Waals surface area (Å²) in [6.45, 7) is 3.24. The lowest BCUT2D eigenvalue weighted by Crippen LogP contribution is -2.44. The van der Waals surface area contributed by atoms with Gasteiger partial charge in [0.15, 0.2) is 0 Å². The number of rotatable bonds is 4. The van der Waals surface area contributed by atoms with Gasteiger partial charge in [0.05, 0.1) is 13.2 Å². The van der Waals surface area contributed by atoms with E-state index in [2.05, 4.69) is 4.74 Å². The predicted octanol–water partition coefficient (Wildman–Crippen LogP) is 0.216. The van der Waals surface area contributed by atoms with E-state index in [1.165, 1.54) is 13.2 Å². The van der Waals surface area contributed by atoms with Gasteiger partial charge in [-0.3, -0.25) is 4.79 Å². The minimum absolute atomic E-state index is 0.311. The van der Waals surface area contributed by atoms with E-state index in [0.717, 1.165) is 0 Å². The summed E-state index contributed by atoms with van der Waals surface area (Å²) in [7, 11) is 1.25. The van der Waals surface area contributed by atoms with Crippen molar-refractivity contribution in [3.8, 4) is 5.75 Å². The van der Waals surface area contributed by atoms with Gasteiger partial charge in [0.2, 0.25) is 0 Å². The molecule has 2 atom stereocenters. The van der Waals surface area contributed by atoms with Crippen LogP contribution in [0, 0.1) is 6.92 Å². The molecule has 1 aromatic rings. The van der Waals surface area contributed by atoms with Gasteiger partial charge >= 0.3 is 11.6 Å². The third kappa shape index (κ3) is 3.60. The maximum Gasteiger partial charge on any atom is 0.339 e. The summed E-state index contributed by atoms with van der Waals surface area (Å²) in [5.41, 5.74) is 5.08. The van der Waals surface area contributed by atoms with Crippen LogP contribution in [0.3, 0.4) is 0 Å². The number of hydrogen-bond acceptors (Lipinski definition) is 6. The van der Waals surface area contributed by atoms with E-state index < -0.39 is 23.7 Å². The SMILES string of the molecule is COC(=O)[C@@H](N)[C@@H](C)Oc1cc(C)oc(=O)c1. The number of hydrogen-bond donors (Lipinski definition) is 1. The molecule has 0 saturated carbocycles. The van der Waals surface area contributed by atoms with Crippen LogP contribution in [0.2, 0.25) is 0 Å². The summed E-state index contributed by atoms with van der Waals surface area (Å²) < 4.78 is 14.6. The standard InChI is InChI=1S/C11H15NO5/c1-6-4-8(5-9(13)16-6)17-7(2)10(12)11(14)15-3/h4-5,7,10H,12H2,1-3H3/t7-,10+/m1/s1. The van der Waals surface area contributed by atoms with E-state index in [1.54, 1.807) is 19.9 Å². The van der Waals surface area contributed by atoms with Gasteiger partial charge in [0.25, 0.3) is 0 Å². The van der Waals surface area contributed by atoms with Gasteiger partial charge < -0.3 is 19.6 Å². The third-order valence-electron chi connectivity index (χ3n) is 2.17. The summed E-state index contributed by atoms with van der Waals surface area (Å²) in [4.78, 5) is 22.3. The summed E-state index contributed by atoms with van der Waals surface area (Å²) in [5, 5.41) is 0. The smallest absolute Gasteiger partial charge is 0.339 e. The van der Waals surface area contributed by atoms with Gasteiger partial charge in [-0.1, -0.05) is 0 Å². The first-order valence-electron chi connectivity index (χ1n) is 5.06. The van der Waals surface area contributed by atoms with Crippen LogP contribution in [-0.2, 0) is 9.53 Å². The number of aryl methyl sites for hydroxylation is 1. The zero-order chi connectivity index (χ0) is 13.0. The van der Waals surface area contributed by atoms with Crippen molar-refractivity contribution in [3.05, 3.63) is 28.3 Å². The molecule has 0 aromatic carbocycles. The number of methoxy groups -OCH3 is 1. The van der Waals surface area contributed by atoms with Crippen molar-refractivity contribution in [1.29, 1.82) is 0 Å². The van der Waals surface area contributed by atoms with Gasteiger partial charge in [-0.25, -0.2) is 4.79 Å². The fourth-order valence-corrected chi connectivity index (χ4v) is 1.26. The van der Waals surface area contributed by atoms with Crippen LogP contribution < -0.4 is 16.1 Å². The Labute approximate surface area is 98.3 Å². The molecule has 6 heteroatoms. The van der Waals surface area contributed by atoms with Crippen LogP contribution in [0.15, 0.2) is 21.3 Å². The van der Waals surface area contributed by atoms with Crippen molar-refractivity contribution >= 4 is 5.97 Å². The molecule has 1 rings (SSSR count). The molecule has 0 amide bonds. The highest BCUT2D eigenvalue weighted by Gasteiger charge is 2.23. The highest BCUT2D eigenvalue weighted by molar-refractivity contribution is 5.76. The lowest BCUT2D eigenvalue weighted by atomic mass is 10.2. The largest absolute Gasteiger partial charge is 0.488 e. The van der Waals surface area contributed by atoms with E-state index in [9.17, 15) is 9.59 Å². The van der Waals surface area contributed by atoms with E-state index in [0.29, 0.717) is 11.5 Å². The summed E-state index contributed by atoms with van der Waals surface area (Å²) in [5.74, 6) is 0.161. The molecule has 1 heterocycles. The van der Waals surface area contributed by atoms with E-state index in [-0.39, 0.29) is 0 Å². The Balaban J connectivity index is 2.77. The Morgan fingerprint density at radius 1 is 1.47 bits per heavy atom. The maximum atomic E-state index is 11.2. The van der Waals surface area contributed by atoms with Crippen molar-refractivity contribution in [2.24, 2.45) is 5.73 Å². The number of nitrogens with two attached hydrogens (primary N) is 1. The average molecular weight is 241 g/mol. The highest BCUT2D eigenvalue weighted by atomic mass is 16.5. The molecule has 6 nitrogen and oxygen atoms in total. The Morgan fingerprint density at radius 2 is 2.12 bits per heavy atom. The predicted molar refractivity (Wildman–Crippen MR) is 59.8 cm³/mol. The van der Waals surface area contributed by atoms with Crippen molar-refractivity contribution in [3.63, 3.8) is 0 Å². The van der Waals surface area contributed by atoms with Gasteiger partial charge in [0, 0.05) is 6.07 Å². The van der Waals surface area contributed by atoms with Crippen molar-refractivity contribution < 1.29 is 18.7 Å². The van der Waals surface area contributed by atoms with E-state index in [1.807, 2.05) is 0 Å². The molecule has 0 aliphatic rings. The van der Waals surface area contributed by atoms with E-state index in [4.69, 9.17) is 14.9 Å². The second-order valence-electron chi connectivity index (χ2n) is 3.59. The summed E-state index contributed by atoms with van der Waals surface area (Å²) >= 11 is 0. The Bertz CT molecular complexity index is 453. The fraction of sp³-hybridized carbons (Fsp3) is 0.455. The molecular formula is C11H15NO5. The molecule has 0 fully saturated rings. The molecule has 0 radical (unpaired) electrons. The topological polar surface area (TPSA) is 91.8 Å². The highest BCUT2D eigenvalue weighted by Crippen LogP contribution is 2.12. The van der Waals surface area contributed by atoms with Crippen molar-refractivity contribution in [1.82, 2.24) is 0 Å². The second kappa shape index (κ2) is 5.49. The van der Waals surface area contributed by atoms with Gasteiger partial charge in [0.1, 0.15) is 23.7 Å².